The Labute approximate surface area is 170 Å². The Balaban J connectivity index is 1.30. The first-order valence-electron chi connectivity index (χ1n) is 10.3. The molecule has 150 valence electrons. The fourth-order valence-electron chi connectivity index (χ4n) is 4.69. The van der Waals surface area contributed by atoms with Gasteiger partial charge in [0.05, 0.1) is 24.3 Å². The zero-order chi connectivity index (χ0) is 18.8. The minimum absolute atomic E-state index is 0.00287. The third kappa shape index (κ3) is 3.81. The quantitative estimate of drug-likeness (QED) is 0.833. The molecule has 0 radical (unpaired) electrons. The summed E-state index contributed by atoms with van der Waals surface area (Å²) in [6.45, 7) is 7.18. The second-order valence-corrected chi connectivity index (χ2v) is 9.35. The van der Waals surface area contributed by atoms with Crippen LogP contribution >= 0.6 is 11.3 Å². The Hall–Kier alpha value is -1.54. The van der Waals surface area contributed by atoms with E-state index in [4.69, 9.17) is 14.5 Å². The molecule has 2 fully saturated rings. The highest BCUT2D eigenvalue weighted by Gasteiger charge is 2.44. The van der Waals surface area contributed by atoms with Crippen molar-refractivity contribution in [1.82, 2.24) is 14.9 Å². The Bertz CT molecular complexity index is 794. The highest BCUT2D eigenvalue weighted by atomic mass is 32.1. The summed E-state index contributed by atoms with van der Waals surface area (Å²) in [5.41, 5.74) is 2.36. The van der Waals surface area contributed by atoms with E-state index in [1.165, 1.54) is 10.6 Å². The fraction of sp³-hybridized carbons (Fsp3) is 0.619. The van der Waals surface area contributed by atoms with E-state index in [2.05, 4.69) is 32.7 Å². The normalized spacial score (nSPS) is 25.9. The van der Waals surface area contributed by atoms with Crippen LogP contribution in [0.1, 0.15) is 35.4 Å². The molecule has 2 aromatic rings. The molecular formula is C21H28N4O2S. The van der Waals surface area contributed by atoms with Crippen LogP contribution in [0.2, 0.25) is 0 Å². The van der Waals surface area contributed by atoms with Gasteiger partial charge in [-0.1, -0.05) is 6.07 Å². The molecule has 1 atom stereocenters. The number of hydrogen-bond acceptors (Lipinski definition) is 7. The third-order valence-corrected chi connectivity index (χ3v) is 7.15. The van der Waals surface area contributed by atoms with Crippen molar-refractivity contribution in [1.29, 1.82) is 0 Å². The summed E-state index contributed by atoms with van der Waals surface area (Å²) < 4.78 is 11.4. The molecule has 7 heteroatoms. The van der Waals surface area contributed by atoms with Crippen molar-refractivity contribution in [2.24, 2.45) is 5.92 Å². The fourth-order valence-corrected chi connectivity index (χ4v) is 5.44. The number of nitrogens with one attached hydrogen (secondary N) is 1. The van der Waals surface area contributed by atoms with Gasteiger partial charge in [0.2, 0.25) is 5.95 Å². The summed E-state index contributed by atoms with van der Waals surface area (Å²) in [7, 11) is 0. The van der Waals surface area contributed by atoms with Gasteiger partial charge in [-0.3, -0.25) is 4.90 Å². The van der Waals surface area contributed by atoms with Gasteiger partial charge in [-0.15, -0.1) is 11.3 Å². The molecular weight excluding hydrogens is 372 g/mol. The van der Waals surface area contributed by atoms with Crippen LogP contribution in [0.4, 0.5) is 5.95 Å². The SMILES string of the molecule is c1csc(CN2CCC3(COCc4cnc(NCC5CCOCC5)nc43)C2)c1. The number of nitrogens with zero attached hydrogens (tertiary/aromatic N) is 3. The number of fused-ring (bicyclic) bond motifs is 2. The van der Waals surface area contributed by atoms with Gasteiger partial charge in [-0.2, -0.15) is 0 Å². The topological polar surface area (TPSA) is 59.5 Å². The maximum atomic E-state index is 5.97. The number of aromatic nitrogens is 2. The predicted octanol–water partition coefficient (Wildman–Crippen LogP) is 3.05. The van der Waals surface area contributed by atoms with Crippen LogP contribution in [0.3, 0.4) is 0 Å². The van der Waals surface area contributed by atoms with Gasteiger partial charge < -0.3 is 14.8 Å². The molecule has 2 aromatic heterocycles. The maximum Gasteiger partial charge on any atom is 0.222 e. The predicted molar refractivity (Wildman–Crippen MR) is 110 cm³/mol. The van der Waals surface area contributed by atoms with E-state index in [1.807, 2.05) is 17.5 Å². The van der Waals surface area contributed by atoms with Crippen LogP contribution in [0, 0.1) is 5.92 Å². The Morgan fingerprint density at radius 1 is 1.29 bits per heavy atom. The largest absolute Gasteiger partial charge is 0.381 e. The van der Waals surface area contributed by atoms with Crippen LogP contribution in [-0.4, -0.2) is 54.3 Å². The first kappa shape index (κ1) is 18.5. The lowest BCUT2D eigenvalue weighted by Crippen LogP contribution is -2.40. The van der Waals surface area contributed by atoms with E-state index >= 15 is 0 Å². The average molecular weight is 401 g/mol. The standard InChI is InChI=1S/C21H28N4O2S/c1-2-18(28-9-1)12-25-6-5-21(14-25)15-27-13-17-11-23-20(24-19(17)21)22-10-16-3-7-26-8-4-16/h1-2,9,11,16H,3-8,10,12-15H2,(H,22,23,24). The zero-order valence-corrected chi connectivity index (χ0v) is 17.0. The summed E-state index contributed by atoms with van der Waals surface area (Å²) in [5, 5.41) is 5.64. The van der Waals surface area contributed by atoms with Crippen molar-refractivity contribution in [2.75, 3.05) is 44.8 Å². The van der Waals surface area contributed by atoms with Gasteiger partial charge in [0, 0.05) is 49.5 Å². The smallest absolute Gasteiger partial charge is 0.222 e. The minimum Gasteiger partial charge on any atom is -0.381 e. The van der Waals surface area contributed by atoms with Gasteiger partial charge in [-0.05, 0) is 43.2 Å². The number of thiophene rings is 1. The second-order valence-electron chi connectivity index (χ2n) is 8.32. The molecule has 3 aliphatic rings. The molecule has 0 amide bonds. The highest BCUT2D eigenvalue weighted by Crippen LogP contribution is 2.39. The van der Waals surface area contributed by atoms with E-state index in [0.717, 1.165) is 76.8 Å². The van der Waals surface area contributed by atoms with Crippen LogP contribution in [0.15, 0.2) is 23.7 Å². The summed E-state index contributed by atoms with van der Waals surface area (Å²) in [6, 6.07) is 4.36. The number of hydrogen-bond donors (Lipinski definition) is 1. The van der Waals surface area contributed by atoms with Crippen molar-refractivity contribution in [3.05, 3.63) is 39.8 Å². The lowest BCUT2D eigenvalue weighted by atomic mass is 9.80. The Morgan fingerprint density at radius 3 is 3.07 bits per heavy atom. The van der Waals surface area contributed by atoms with Gasteiger partial charge >= 0.3 is 0 Å². The number of rotatable bonds is 5. The molecule has 2 saturated heterocycles. The van der Waals surface area contributed by atoms with Crippen molar-refractivity contribution in [3.8, 4) is 0 Å². The molecule has 0 saturated carbocycles. The molecule has 0 bridgehead atoms. The lowest BCUT2D eigenvalue weighted by Gasteiger charge is -2.34. The first-order valence-corrected chi connectivity index (χ1v) is 11.2. The summed E-state index contributed by atoms with van der Waals surface area (Å²) in [5.74, 6) is 1.42. The molecule has 0 aromatic carbocycles. The lowest BCUT2D eigenvalue weighted by molar-refractivity contribution is 0.0503. The van der Waals surface area contributed by atoms with Crippen molar-refractivity contribution in [3.63, 3.8) is 0 Å². The molecule has 1 N–H and O–H groups in total. The van der Waals surface area contributed by atoms with Crippen LogP contribution in [0.5, 0.6) is 0 Å². The van der Waals surface area contributed by atoms with E-state index in [-0.39, 0.29) is 5.41 Å². The van der Waals surface area contributed by atoms with E-state index in [1.54, 1.807) is 0 Å². The van der Waals surface area contributed by atoms with Gasteiger partial charge in [-0.25, -0.2) is 9.97 Å². The molecule has 1 spiro atoms. The first-order chi connectivity index (χ1) is 13.8. The van der Waals surface area contributed by atoms with E-state index in [9.17, 15) is 0 Å². The minimum atomic E-state index is 0.00287. The Kier molecular flexibility index (Phi) is 5.32. The average Bonchev–Trinajstić information content (AvgIpc) is 3.39. The van der Waals surface area contributed by atoms with Crippen molar-refractivity contribution >= 4 is 17.3 Å². The molecule has 5 heterocycles. The zero-order valence-electron chi connectivity index (χ0n) is 16.2. The second kappa shape index (κ2) is 8.06. The van der Waals surface area contributed by atoms with Crippen LogP contribution < -0.4 is 5.32 Å². The number of ether oxygens (including phenoxy) is 2. The highest BCUT2D eigenvalue weighted by molar-refractivity contribution is 7.09. The molecule has 0 aliphatic carbocycles. The maximum absolute atomic E-state index is 5.97. The Morgan fingerprint density at radius 2 is 2.21 bits per heavy atom. The van der Waals surface area contributed by atoms with Crippen molar-refractivity contribution < 1.29 is 9.47 Å². The summed E-state index contributed by atoms with van der Waals surface area (Å²) >= 11 is 1.84. The molecule has 6 nitrogen and oxygen atoms in total. The molecule has 28 heavy (non-hydrogen) atoms. The summed E-state index contributed by atoms with van der Waals surface area (Å²) in [4.78, 5) is 13.5. The molecule has 1 unspecified atom stereocenters. The van der Waals surface area contributed by atoms with E-state index in [0.29, 0.717) is 12.5 Å². The van der Waals surface area contributed by atoms with E-state index < -0.39 is 0 Å². The number of likely N-dealkylation sites (tertiary alicyclic amines) is 1. The van der Waals surface area contributed by atoms with Gasteiger partial charge in [0.25, 0.3) is 0 Å². The molecule has 3 aliphatic heterocycles. The van der Waals surface area contributed by atoms with Crippen LogP contribution in [0.25, 0.3) is 0 Å². The monoisotopic (exact) mass is 400 g/mol. The summed E-state index contributed by atoms with van der Waals surface area (Å²) in [6.07, 6.45) is 5.31. The van der Waals surface area contributed by atoms with Crippen LogP contribution in [-0.2, 0) is 28.0 Å². The van der Waals surface area contributed by atoms with Crippen molar-refractivity contribution in [2.45, 2.75) is 37.8 Å². The van der Waals surface area contributed by atoms with Gasteiger partial charge in [0.15, 0.2) is 0 Å². The number of anilines is 1. The molecule has 5 rings (SSSR count). The van der Waals surface area contributed by atoms with Gasteiger partial charge in [0.1, 0.15) is 0 Å². The third-order valence-electron chi connectivity index (χ3n) is 6.28.